The summed E-state index contributed by atoms with van der Waals surface area (Å²) in [4.78, 5) is 41.3. The minimum atomic E-state index is -0.965. The largest absolute Gasteiger partial charge is 1.00 e. The maximum atomic E-state index is 14.3. The smallest absolute Gasteiger partial charge is 0.870 e. The van der Waals surface area contributed by atoms with E-state index in [4.69, 9.17) is 27.1 Å². The molecule has 1 aliphatic heterocycles. The molecule has 0 fully saturated rings. The van der Waals surface area contributed by atoms with E-state index in [1.807, 2.05) is 69.5 Å². The Morgan fingerprint density at radius 2 is 0.838 bits per heavy atom. The molecule has 13 nitrogen and oxygen atoms in total. The number of aromatic nitrogens is 4. The molecular formula is C101H60F2N5NaO8. The quantitative estimate of drug-likeness (QED) is 0.0752. The molecule has 0 radical (unpaired) electrons. The number of ether oxygens (including phenoxy) is 3. The molecule has 16 heteroatoms. The SMILES string of the molecule is C.C#CC#CC#CC#CC#CC#CC#CC#CC#CC#CC#CC#CC#CC#CC#CC#CC#CC#CC#CC#CC#C.CCOC(=O)c1ccc(-c2c(COC)n(-c3ccc(F)c(C)c3)c3cc4cnn(C(=O)C(C)(C)C)c4cc23)cc1.COCc1c(-c2ccc(C(=O)O)cc2)c2cc3c(cc2n1-c1ccc(F)c(C)c1)C=NC3.[Na+].[OH-]. The Labute approximate surface area is 703 Å². The van der Waals surface area contributed by atoms with Gasteiger partial charge in [0.05, 0.1) is 71.6 Å². The van der Waals surface area contributed by atoms with Crippen molar-refractivity contribution in [2.24, 2.45) is 10.4 Å². The van der Waals surface area contributed by atoms with Crippen LogP contribution in [0.4, 0.5) is 8.78 Å². The minimum Gasteiger partial charge on any atom is -0.870 e. The summed E-state index contributed by atoms with van der Waals surface area (Å²) in [5.74, 6) is 96.1. The van der Waals surface area contributed by atoms with Crippen LogP contribution >= 0.6 is 0 Å². The summed E-state index contributed by atoms with van der Waals surface area (Å²) < 4.78 is 50.3. The molecule has 1 aliphatic rings. The van der Waals surface area contributed by atoms with Gasteiger partial charge in [0.1, 0.15) is 11.6 Å². The van der Waals surface area contributed by atoms with Crippen LogP contribution in [0, 0.1) is 281 Å². The van der Waals surface area contributed by atoms with Gasteiger partial charge < -0.3 is 33.9 Å². The van der Waals surface area contributed by atoms with Crippen molar-refractivity contribution in [2.75, 3.05) is 20.8 Å². The first kappa shape index (κ1) is 91.3. The van der Waals surface area contributed by atoms with E-state index in [9.17, 15) is 28.3 Å². The van der Waals surface area contributed by atoms with Gasteiger partial charge in [-0.05, 0) is 234 Å². The average molecular weight is 1530 g/mol. The van der Waals surface area contributed by atoms with Gasteiger partial charge in [0.2, 0.25) is 0 Å². The number of hydrogen-bond donors (Lipinski definition) is 1. The number of carboxylic acid groups (broad SMARTS) is 1. The van der Waals surface area contributed by atoms with Crippen molar-refractivity contribution in [3.05, 3.63) is 172 Å². The Hall–Kier alpha value is -16.4. The van der Waals surface area contributed by atoms with Crippen molar-refractivity contribution in [2.45, 2.75) is 68.7 Å². The second-order valence-corrected chi connectivity index (χ2v) is 23.8. The summed E-state index contributed by atoms with van der Waals surface area (Å²) in [7, 11) is 3.27. The van der Waals surface area contributed by atoms with Crippen LogP contribution in [-0.4, -0.2) is 74.4 Å². The number of benzene rings is 6. The molecule has 4 heterocycles. The van der Waals surface area contributed by atoms with E-state index in [0.717, 1.165) is 83.3 Å². The fraction of sp³-hybridized carbons (Fsp3) is 0.139. The van der Waals surface area contributed by atoms with E-state index in [2.05, 4.69) is 268 Å². The van der Waals surface area contributed by atoms with E-state index >= 15 is 0 Å². The number of aromatic carboxylic acids is 1. The number of fused-ring (bicyclic) bond motifs is 4. The number of aliphatic imine (C=N–C) groups is 1. The van der Waals surface area contributed by atoms with Crippen molar-refractivity contribution < 1.29 is 77.5 Å². The number of carboxylic acids is 1. The molecular weight excluding hydrogens is 1470 g/mol. The molecule has 6 aromatic carbocycles. The predicted molar refractivity (Wildman–Crippen MR) is 450 cm³/mol. The van der Waals surface area contributed by atoms with Crippen LogP contribution in [0.25, 0.3) is 66.3 Å². The van der Waals surface area contributed by atoms with Crippen LogP contribution < -0.4 is 29.6 Å². The molecule has 0 bridgehead atoms. The first-order chi connectivity index (χ1) is 55.4. The molecule has 0 amide bonds. The topological polar surface area (TPSA) is 169 Å². The maximum Gasteiger partial charge on any atom is 1.00 e. The fourth-order valence-corrected chi connectivity index (χ4v) is 10.6. The summed E-state index contributed by atoms with van der Waals surface area (Å²) in [6, 6.07) is 32.4. The van der Waals surface area contributed by atoms with Crippen molar-refractivity contribution in [3.63, 3.8) is 0 Å². The zero-order valence-corrected chi connectivity index (χ0v) is 65.9. The standard InChI is InChI=1S/C42H2.C32H32FN3O4.C26H21FN2O3.CH4.Na.H2O/c1-3-5-7-9-11-13-15-17-19-21-23-25-27-29-31-33-35-37-39-41-42-40-38-36-34-32-30-28-26-24-22-20-18-16-14-12-10-8-6-4-2;1-7-40-30(37)21-10-8-20(9-11-21)29-24-16-26-22(17-34-36(26)31(38)32(3,4)5)15-27(24)35(28(29)18-39-6)23-12-13-25(33)19(2)14-23;1-15-9-20(7-8-22(15)27)29-23-11-19-13-28-12-18(19)10-21(23)25(24(29)14-32-2)16-3-5-17(6-4-16)26(30)31;;;/h1-2H;8-17H,7,18H2,1-6H3;3-11,13H,12,14H2,1-2H3,(H,30,31);1H4;;1H2/q;;;;+1;/p-1. The summed E-state index contributed by atoms with van der Waals surface area (Å²) >= 11 is 0. The van der Waals surface area contributed by atoms with Gasteiger partial charge in [-0.1, -0.05) is 52.5 Å². The molecule has 552 valence electrons. The minimum absolute atomic E-state index is 0. The van der Waals surface area contributed by atoms with Crippen molar-refractivity contribution in [1.82, 2.24) is 18.9 Å². The predicted octanol–water partition coefficient (Wildman–Crippen LogP) is 10.4. The van der Waals surface area contributed by atoms with Crippen molar-refractivity contribution in [1.29, 1.82) is 0 Å². The van der Waals surface area contributed by atoms with E-state index < -0.39 is 11.4 Å². The number of esters is 1. The number of aryl methyl sites for hydroxylation is 2. The van der Waals surface area contributed by atoms with Crippen LogP contribution in [-0.2, 0) is 34.0 Å². The van der Waals surface area contributed by atoms with Gasteiger partial charge in [0.15, 0.2) is 0 Å². The number of rotatable bonds is 11. The molecule has 0 saturated heterocycles. The number of carbonyl (C=O) groups is 3. The summed E-state index contributed by atoms with van der Waals surface area (Å²) in [5.41, 5.74) is 12.8. The monoisotopic (exact) mass is 1530 g/mol. The zero-order valence-electron chi connectivity index (χ0n) is 63.9. The number of hydrogen-bond acceptors (Lipinski definition) is 9. The Morgan fingerprint density at radius 3 is 1.17 bits per heavy atom. The van der Waals surface area contributed by atoms with Gasteiger partial charge in [0.25, 0.3) is 5.91 Å². The first-order valence-electron chi connectivity index (χ1n) is 33.8. The normalized spacial score (nSPS) is 8.85. The molecule has 2 N–H and O–H groups in total. The molecule has 0 spiro atoms. The number of carbonyl (C=O) groups excluding carboxylic acids is 2. The second-order valence-electron chi connectivity index (χ2n) is 23.8. The zero-order chi connectivity index (χ0) is 81.5. The molecule has 10 rings (SSSR count). The van der Waals surface area contributed by atoms with Crippen LogP contribution in [0.2, 0.25) is 0 Å². The van der Waals surface area contributed by atoms with E-state index in [0.29, 0.717) is 42.0 Å². The first-order valence-corrected chi connectivity index (χ1v) is 33.8. The molecule has 0 atom stereocenters. The number of nitrogens with zero attached hydrogens (tertiary/aromatic N) is 5. The fourth-order valence-electron chi connectivity index (χ4n) is 10.6. The third-order valence-electron chi connectivity index (χ3n) is 15.3. The van der Waals surface area contributed by atoms with Gasteiger partial charge in [-0.3, -0.25) is 9.79 Å². The van der Waals surface area contributed by atoms with Crippen molar-refractivity contribution in [3.8, 4) is 283 Å². The molecule has 0 saturated carbocycles. The molecule has 0 aliphatic carbocycles. The molecule has 0 unspecified atom stereocenters. The molecule has 3 aromatic heterocycles. The van der Waals surface area contributed by atoms with E-state index in [1.54, 1.807) is 83.7 Å². The third kappa shape index (κ3) is 26.1. The summed E-state index contributed by atoms with van der Waals surface area (Å²) in [6.45, 7) is 12.4. The Kier molecular flexibility index (Phi) is 37.2. The van der Waals surface area contributed by atoms with Gasteiger partial charge in [-0.25, -0.2) is 18.4 Å². The van der Waals surface area contributed by atoms with E-state index in [1.165, 1.54) is 16.8 Å². The van der Waals surface area contributed by atoms with Crippen LogP contribution in [0.5, 0.6) is 0 Å². The number of halogens is 2. The number of terminal acetylenes is 2. The summed E-state index contributed by atoms with van der Waals surface area (Å²) in [6.07, 6.45) is 13.4. The van der Waals surface area contributed by atoms with Gasteiger partial charge in [-0.2, -0.15) is 9.78 Å². The molecule has 9 aromatic rings. The van der Waals surface area contributed by atoms with Crippen molar-refractivity contribution >= 4 is 56.8 Å². The van der Waals surface area contributed by atoms with Crippen LogP contribution in [0.1, 0.15) is 94.3 Å². The Bertz CT molecular complexity index is 6770. The Morgan fingerprint density at radius 1 is 0.487 bits per heavy atom. The average Bonchev–Trinajstić information content (AvgIpc) is 1.58. The Balaban J connectivity index is 0.000000311. The van der Waals surface area contributed by atoms with Crippen LogP contribution in [0.15, 0.2) is 120 Å². The summed E-state index contributed by atoms with van der Waals surface area (Å²) in [5, 5.41) is 16.4. The number of methoxy groups -OCH3 is 2. The van der Waals surface area contributed by atoms with Crippen LogP contribution in [0.3, 0.4) is 0 Å². The van der Waals surface area contributed by atoms with E-state index in [-0.39, 0.29) is 78.1 Å². The van der Waals surface area contributed by atoms with Gasteiger partial charge >= 0.3 is 41.5 Å². The third-order valence-corrected chi connectivity index (χ3v) is 15.3. The second kappa shape index (κ2) is 47.7. The van der Waals surface area contributed by atoms with Gasteiger partial charge in [-0.15, -0.1) is 12.8 Å². The maximum absolute atomic E-state index is 14.3. The molecule has 117 heavy (non-hydrogen) atoms. The van der Waals surface area contributed by atoms with Gasteiger partial charge in [0, 0.05) is 207 Å².